The van der Waals surface area contributed by atoms with Gasteiger partial charge in [0, 0.05) is 23.7 Å². The van der Waals surface area contributed by atoms with Crippen LogP contribution in [0.2, 0.25) is 0 Å². The molecule has 0 aliphatic carbocycles. The van der Waals surface area contributed by atoms with E-state index in [4.69, 9.17) is 0 Å². The predicted octanol–water partition coefficient (Wildman–Crippen LogP) is 3.75. The number of carbonyl (C=O) groups is 1. The van der Waals surface area contributed by atoms with Crippen molar-refractivity contribution in [1.29, 1.82) is 0 Å². The van der Waals surface area contributed by atoms with E-state index in [1.165, 1.54) is 17.8 Å². The monoisotopic (exact) mass is 390 g/mol. The number of nitrogens with zero attached hydrogens (tertiary/aromatic N) is 1. The van der Waals surface area contributed by atoms with E-state index in [0.717, 1.165) is 36.4 Å². The van der Waals surface area contributed by atoms with Crippen LogP contribution in [0.5, 0.6) is 0 Å². The molecule has 1 amide bonds. The smallest absolute Gasteiger partial charge is 0.261 e. The molecule has 0 spiro atoms. The van der Waals surface area contributed by atoms with Crippen LogP contribution < -0.4 is 4.72 Å². The summed E-state index contributed by atoms with van der Waals surface area (Å²) in [6.45, 7) is 3.36. The molecule has 2 aromatic carbocycles. The molecule has 2 aromatic rings. The number of rotatable bonds is 5. The summed E-state index contributed by atoms with van der Waals surface area (Å²) in [6.07, 6.45) is 3.87. The van der Waals surface area contributed by atoms with Gasteiger partial charge < -0.3 is 4.90 Å². The van der Waals surface area contributed by atoms with E-state index in [1.807, 2.05) is 19.2 Å². The molecule has 0 aromatic heterocycles. The summed E-state index contributed by atoms with van der Waals surface area (Å²) in [4.78, 5) is 15.5. The number of thioether (sulfide) groups is 1. The lowest BCUT2D eigenvalue weighted by molar-refractivity contribution is 0.0789. The Balaban J connectivity index is 1.94. The normalized spacial score (nSPS) is 14.5. The molecule has 0 unspecified atom stereocenters. The van der Waals surface area contributed by atoms with Crippen LogP contribution in [-0.4, -0.2) is 38.6 Å². The summed E-state index contributed by atoms with van der Waals surface area (Å²) >= 11 is 1.45. The predicted molar refractivity (Wildman–Crippen MR) is 105 cm³/mol. The summed E-state index contributed by atoms with van der Waals surface area (Å²) in [6, 6.07) is 11.9. The summed E-state index contributed by atoms with van der Waals surface area (Å²) in [5.74, 6) is -0.0977. The van der Waals surface area contributed by atoms with Gasteiger partial charge in [-0.3, -0.25) is 9.52 Å². The molecule has 0 atom stereocenters. The van der Waals surface area contributed by atoms with Gasteiger partial charge in [0.15, 0.2) is 0 Å². The number of hydrogen-bond donors (Lipinski definition) is 1. The Kier molecular flexibility index (Phi) is 5.58. The number of likely N-dealkylation sites (tertiary alicyclic amines) is 1. The standard InChI is InChI=1S/C19H22N2O3S2/c1-14-6-5-7-15(12-14)20-26(23,24)16-8-9-18(25-2)17(13-16)19(22)21-10-3-4-11-21/h5-9,12-13,20H,3-4,10-11H2,1-2H3. The molecule has 138 valence electrons. The van der Waals surface area contributed by atoms with Gasteiger partial charge >= 0.3 is 0 Å². The summed E-state index contributed by atoms with van der Waals surface area (Å²) in [7, 11) is -3.76. The van der Waals surface area contributed by atoms with Gasteiger partial charge in [-0.1, -0.05) is 12.1 Å². The van der Waals surface area contributed by atoms with Gasteiger partial charge in [-0.15, -0.1) is 11.8 Å². The van der Waals surface area contributed by atoms with Gasteiger partial charge in [0.05, 0.1) is 10.5 Å². The summed E-state index contributed by atoms with van der Waals surface area (Å²) < 4.78 is 28.1. The maximum absolute atomic E-state index is 12.8. The van der Waals surface area contributed by atoms with E-state index in [0.29, 0.717) is 11.3 Å². The first-order valence-electron chi connectivity index (χ1n) is 8.47. The fraction of sp³-hybridized carbons (Fsp3) is 0.316. The van der Waals surface area contributed by atoms with Crippen LogP contribution in [0.1, 0.15) is 28.8 Å². The zero-order chi connectivity index (χ0) is 18.7. The van der Waals surface area contributed by atoms with Gasteiger partial charge in [-0.25, -0.2) is 8.42 Å². The molecule has 7 heteroatoms. The molecule has 0 radical (unpaired) electrons. The maximum atomic E-state index is 12.8. The van der Waals surface area contributed by atoms with Crippen molar-refractivity contribution in [3.8, 4) is 0 Å². The first kappa shape index (κ1) is 18.8. The summed E-state index contributed by atoms with van der Waals surface area (Å²) in [5, 5.41) is 0. The SMILES string of the molecule is CSc1ccc(S(=O)(=O)Nc2cccc(C)c2)cc1C(=O)N1CCCC1. The first-order valence-corrected chi connectivity index (χ1v) is 11.2. The van der Waals surface area contributed by atoms with E-state index < -0.39 is 10.0 Å². The molecule has 26 heavy (non-hydrogen) atoms. The zero-order valence-electron chi connectivity index (χ0n) is 14.9. The second-order valence-corrected chi connectivity index (χ2v) is 8.87. The van der Waals surface area contributed by atoms with E-state index in [-0.39, 0.29) is 10.8 Å². The highest BCUT2D eigenvalue weighted by atomic mass is 32.2. The van der Waals surface area contributed by atoms with Gasteiger partial charge in [0.25, 0.3) is 15.9 Å². The van der Waals surface area contributed by atoms with Crippen LogP contribution in [0.4, 0.5) is 5.69 Å². The molecular weight excluding hydrogens is 368 g/mol. The van der Waals surface area contributed by atoms with E-state index in [1.54, 1.807) is 35.2 Å². The third kappa shape index (κ3) is 4.04. The van der Waals surface area contributed by atoms with Crippen molar-refractivity contribution in [3.63, 3.8) is 0 Å². The molecule has 1 fully saturated rings. The highest BCUT2D eigenvalue weighted by Crippen LogP contribution is 2.27. The Morgan fingerprint density at radius 3 is 2.50 bits per heavy atom. The lowest BCUT2D eigenvalue weighted by Crippen LogP contribution is -2.28. The number of benzene rings is 2. The largest absolute Gasteiger partial charge is 0.339 e. The fourth-order valence-corrected chi connectivity index (χ4v) is 4.68. The lowest BCUT2D eigenvalue weighted by atomic mass is 10.2. The lowest BCUT2D eigenvalue weighted by Gasteiger charge is -2.18. The molecule has 0 bridgehead atoms. The minimum absolute atomic E-state index is 0.0966. The topological polar surface area (TPSA) is 66.5 Å². The Morgan fingerprint density at radius 2 is 1.85 bits per heavy atom. The average molecular weight is 391 g/mol. The van der Waals surface area contributed by atoms with Crippen LogP contribution >= 0.6 is 11.8 Å². The van der Waals surface area contributed by atoms with Crippen molar-refractivity contribution in [2.45, 2.75) is 29.6 Å². The van der Waals surface area contributed by atoms with Crippen LogP contribution in [0.3, 0.4) is 0 Å². The molecule has 1 saturated heterocycles. The number of hydrogen-bond acceptors (Lipinski definition) is 4. The Labute approximate surface area is 158 Å². The van der Waals surface area contributed by atoms with Crippen LogP contribution in [0.15, 0.2) is 52.3 Å². The molecule has 0 saturated carbocycles. The third-order valence-electron chi connectivity index (χ3n) is 4.38. The number of carbonyl (C=O) groups excluding carboxylic acids is 1. The molecule has 1 aliphatic rings. The van der Waals surface area contributed by atoms with Gasteiger partial charge in [-0.2, -0.15) is 0 Å². The quantitative estimate of drug-likeness (QED) is 0.790. The average Bonchev–Trinajstić information content (AvgIpc) is 3.14. The highest BCUT2D eigenvalue weighted by molar-refractivity contribution is 7.98. The minimum Gasteiger partial charge on any atom is -0.339 e. The van der Waals surface area contributed by atoms with Crippen molar-refractivity contribution in [2.24, 2.45) is 0 Å². The summed E-state index contributed by atoms with van der Waals surface area (Å²) in [5.41, 5.74) is 1.92. The van der Waals surface area contributed by atoms with Crippen molar-refractivity contribution in [1.82, 2.24) is 4.90 Å². The number of aryl methyl sites for hydroxylation is 1. The zero-order valence-corrected chi connectivity index (χ0v) is 16.5. The molecular formula is C19H22N2O3S2. The molecule has 1 N–H and O–H groups in total. The minimum atomic E-state index is -3.76. The van der Waals surface area contributed by atoms with Gasteiger partial charge in [0.2, 0.25) is 0 Å². The number of nitrogens with one attached hydrogen (secondary N) is 1. The number of anilines is 1. The van der Waals surface area contributed by atoms with Crippen LogP contribution in [-0.2, 0) is 10.0 Å². The van der Waals surface area contributed by atoms with Crippen LogP contribution in [0.25, 0.3) is 0 Å². The van der Waals surface area contributed by atoms with E-state index in [2.05, 4.69) is 4.72 Å². The molecule has 1 heterocycles. The molecule has 5 nitrogen and oxygen atoms in total. The number of amides is 1. The van der Waals surface area contributed by atoms with E-state index >= 15 is 0 Å². The van der Waals surface area contributed by atoms with Crippen molar-refractivity contribution >= 4 is 33.4 Å². The van der Waals surface area contributed by atoms with E-state index in [9.17, 15) is 13.2 Å². The van der Waals surface area contributed by atoms with Crippen LogP contribution in [0, 0.1) is 6.92 Å². The van der Waals surface area contributed by atoms with Crippen molar-refractivity contribution in [3.05, 3.63) is 53.6 Å². The number of sulfonamides is 1. The molecule has 3 rings (SSSR count). The Morgan fingerprint density at radius 1 is 1.12 bits per heavy atom. The maximum Gasteiger partial charge on any atom is 0.261 e. The van der Waals surface area contributed by atoms with Crippen molar-refractivity contribution < 1.29 is 13.2 Å². The fourth-order valence-electron chi connectivity index (χ4n) is 3.03. The Bertz CT molecular complexity index is 920. The second kappa shape index (κ2) is 7.72. The highest BCUT2D eigenvalue weighted by Gasteiger charge is 2.24. The third-order valence-corrected chi connectivity index (χ3v) is 6.55. The van der Waals surface area contributed by atoms with Gasteiger partial charge in [0.1, 0.15) is 0 Å². The first-order chi connectivity index (χ1) is 12.4. The molecule has 1 aliphatic heterocycles. The second-order valence-electron chi connectivity index (χ2n) is 6.34. The van der Waals surface area contributed by atoms with Crippen molar-refractivity contribution in [2.75, 3.05) is 24.1 Å². The Hall–Kier alpha value is -1.99. The van der Waals surface area contributed by atoms with Gasteiger partial charge in [-0.05, 0) is 61.9 Å².